The van der Waals surface area contributed by atoms with Crippen LogP contribution in [0.15, 0.2) is 6.20 Å². The van der Waals surface area contributed by atoms with Crippen LogP contribution in [0.4, 0.5) is 4.39 Å². The average molecular weight is 277 g/mol. The molecule has 5 heteroatoms. The van der Waals surface area contributed by atoms with Crippen LogP contribution < -0.4 is 0 Å². The lowest BCUT2D eigenvalue weighted by molar-refractivity contribution is 0.617. The second-order valence-electron chi connectivity index (χ2n) is 2.45. The number of hydrogen-bond acceptors (Lipinski definition) is 2. The van der Waals surface area contributed by atoms with Gasteiger partial charge in [0, 0.05) is 0 Å². The largest absolute Gasteiger partial charge is 0.261 e. The van der Waals surface area contributed by atoms with Crippen LogP contribution in [0, 0.1) is 16.3 Å². The maximum absolute atomic E-state index is 13.0. The molecular formula is C7H5FIN3. The number of fused-ring (bicyclic) bond motifs is 1. The molecule has 2 aromatic rings. The number of nitrogens with zero attached hydrogens (tertiary/aromatic N) is 2. The summed E-state index contributed by atoms with van der Waals surface area (Å²) in [7, 11) is 0. The Morgan fingerprint density at radius 1 is 1.58 bits per heavy atom. The molecule has 0 radical (unpaired) electrons. The fourth-order valence-corrected chi connectivity index (χ4v) is 1.86. The number of hydrogen-bond donors (Lipinski definition) is 1. The number of pyridine rings is 1. The highest BCUT2D eigenvalue weighted by molar-refractivity contribution is 14.1. The molecule has 12 heavy (non-hydrogen) atoms. The summed E-state index contributed by atoms with van der Waals surface area (Å²) in [5, 5.41) is 7.44. The maximum atomic E-state index is 13.0. The highest BCUT2D eigenvalue weighted by Gasteiger charge is 2.09. The Morgan fingerprint density at radius 3 is 3.08 bits per heavy atom. The fourth-order valence-electron chi connectivity index (χ4n) is 1.07. The lowest BCUT2D eigenvalue weighted by Gasteiger charge is -1.94. The summed E-state index contributed by atoms with van der Waals surface area (Å²) in [5.41, 5.74) is 1.42. The molecule has 62 valence electrons. The van der Waals surface area contributed by atoms with Crippen LogP contribution in [-0.4, -0.2) is 15.2 Å². The van der Waals surface area contributed by atoms with E-state index in [2.05, 4.69) is 15.2 Å². The first-order valence-corrected chi connectivity index (χ1v) is 4.42. The van der Waals surface area contributed by atoms with Crippen LogP contribution >= 0.6 is 22.6 Å². The van der Waals surface area contributed by atoms with Gasteiger partial charge in [0.25, 0.3) is 0 Å². The highest BCUT2D eigenvalue weighted by atomic mass is 127. The highest BCUT2D eigenvalue weighted by Crippen LogP contribution is 2.22. The van der Waals surface area contributed by atoms with Crippen LogP contribution in [0.2, 0.25) is 0 Å². The van der Waals surface area contributed by atoms with Crippen LogP contribution in [0.1, 0.15) is 5.69 Å². The number of rotatable bonds is 0. The van der Waals surface area contributed by atoms with Crippen molar-refractivity contribution < 1.29 is 4.39 Å². The van der Waals surface area contributed by atoms with Crippen molar-refractivity contribution in [3.63, 3.8) is 0 Å². The standard InChI is InChI=1S/C7H5FIN3/c1-3-5-6(9)4(8)2-10-7(5)12-11-3/h2H,1H3,(H,10,11,12). The van der Waals surface area contributed by atoms with Crippen LogP contribution in [-0.2, 0) is 0 Å². The smallest absolute Gasteiger partial charge is 0.156 e. The van der Waals surface area contributed by atoms with Gasteiger partial charge in [-0.05, 0) is 29.5 Å². The monoisotopic (exact) mass is 277 g/mol. The van der Waals surface area contributed by atoms with Gasteiger partial charge in [0.15, 0.2) is 11.5 Å². The maximum Gasteiger partial charge on any atom is 0.156 e. The van der Waals surface area contributed by atoms with Gasteiger partial charge in [0.2, 0.25) is 0 Å². The van der Waals surface area contributed by atoms with Crippen molar-refractivity contribution in [2.24, 2.45) is 0 Å². The van der Waals surface area contributed by atoms with Crippen molar-refractivity contribution in [3.8, 4) is 0 Å². The molecule has 0 saturated carbocycles. The van der Waals surface area contributed by atoms with Crippen LogP contribution in [0.5, 0.6) is 0 Å². The molecule has 3 nitrogen and oxygen atoms in total. The normalized spacial score (nSPS) is 10.9. The summed E-state index contributed by atoms with van der Waals surface area (Å²) >= 11 is 1.95. The first kappa shape index (κ1) is 7.90. The molecule has 0 atom stereocenters. The first-order chi connectivity index (χ1) is 5.70. The lowest BCUT2D eigenvalue weighted by Crippen LogP contribution is -1.86. The number of H-pyrrole nitrogens is 1. The predicted octanol–water partition coefficient (Wildman–Crippen LogP) is 2.01. The molecule has 0 aliphatic rings. The number of nitrogens with one attached hydrogen (secondary N) is 1. The van der Waals surface area contributed by atoms with Crippen molar-refractivity contribution in [1.82, 2.24) is 15.2 Å². The Bertz CT molecular complexity index is 437. The van der Waals surface area contributed by atoms with Crippen molar-refractivity contribution >= 4 is 33.6 Å². The molecule has 0 unspecified atom stereocenters. The van der Waals surface area contributed by atoms with E-state index in [4.69, 9.17) is 0 Å². The first-order valence-electron chi connectivity index (χ1n) is 3.35. The number of halogens is 2. The van der Waals surface area contributed by atoms with Gasteiger partial charge in [-0.25, -0.2) is 9.37 Å². The number of aromatic nitrogens is 3. The van der Waals surface area contributed by atoms with Crippen LogP contribution in [0.25, 0.3) is 11.0 Å². The van der Waals surface area contributed by atoms with E-state index in [1.165, 1.54) is 6.20 Å². The van der Waals surface area contributed by atoms with E-state index in [-0.39, 0.29) is 5.82 Å². The van der Waals surface area contributed by atoms with Crippen molar-refractivity contribution in [2.45, 2.75) is 6.92 Å². The molecule has 0 saturated heterocycles. The summed E-state index contributed by atoms with van der Waals surface area (Å²) in [4.78, 5) is 3.86. The summed E-state index contributed by atoms with van der Waals surface area (Å²) < 4.78 is 13.6. The summed E-state index contributed by atoms with van der Waals surface area (Å²) in [6, 6.07) is 0. The van der Waals surface area contributed by atoms with Gasteiger partial charge in [0.1, 0.15) is 0 Å². The molecule has 0 amide bonds. The van der Waals surface area contributed by atoms with Gasteiger partial charge >= 0.3 is 0 Å². The molecule has 1 N–H and O–H groups in total. The van der Waals surface area contributed by atoms with E-state index in [0.717, 1.165) is 11.1 Å². The minimum atomic E-state index is -0.299. The van der Waals surface area contributed by atoms with Gasteiger partial charge in [-0.2, -0.15) is 5.10 Å². The number of aryl methyl sites for hydroxylation is 1. The topological polar surface area (TPSA) is 41.6 Å². The molecule has 2 heterocycles. The van der Waals surface area contributed by atoms with E-state index in [1.807, 2.05) is 29.5 Å². The zero-order chi connectivity index (χ0) is 8.72. The second-order valence-corrected chi connectivity index (χ2v) is 3.53. The Labute approximate surface area is 81.5 Å². The molecule has 0 aliphatic carbocycles. The summed E-state index contributed by atoms with van der Waals surface area (Å²) in [6.07, 6.45) is 1.20. The van der Waals surface area contributed by atoms with Gasteiger partial charge in [-0.3, -0.25) is 5.10 Å². The predicted molar refractivity (Wildman–Crippen MR) is 51.3 cm³/mol. The lowest BCUT2D eigenvalue weighted by atomic mass is 10.3. The van der Waals surface area contributed by atoms with E-state index in [1.54, 1.807) is 0 Å². The number of aromatic amines is 1. The fraction of sp³-hybridized carbons (Fsp3) is 0.143. The molecule has 0 fully saturated rings. The Kier molecular flexibility index (Phi) is 1.75. The Balaban J connectivity index is 2.96. The molecule has 0 aliphatic heterocycles. The van der Waals surface area contributed by atoms with E-state index >= 15 is 0 Å². The van der Waals surface area contributed by atoms with Gasteiger partial charge < -0.3 is 0 Å². The van der Waals surface area contributed by atoms with E-state index in [9.17, 15) is 4.39 Å². The van der Waals surface area contributed by atoms with Gasteiger partial charge in [-0.1, -0.05) is 0 Å². The minimum absolute atomic E-state index is 0.299. The minimum Gasteiger partial charge on any atom is -0.261 e. The van der Waals surface area contributed by atoms with Crippen molar-refractivity contribution in [2.75, 3.05) is 0 Å². The Morgan fingerprint density at radius 2 is 2.33 bits per heavy atom. The second kappa shape index (κ2) is 2.65. The average Bonchev–Trinajstić information content (AvgIpc) is 2.41. The Hall–Kier alpha value is -0.720. The molecule has 0 bridgehead atoms. The molecular weight excluding hydrogens is 272 g/mol. The summed E-state index contributed by atoms with van der Waals surface area (Å²) in [6.45, 7) is 1.82. The SMILES string of the molecule is Cc1n[nH]c2ncc(F)c(I)c12. The van der Waals surface area contributed by atoms with Crippen LogP contribution in [0.3, 0.4) is 0 Å². The van der Waals surface area contributed by atoms with E-state index in [0.29, 0.717) is 9.22 Å². The van der Waals surface area contributed by atoms with E-state index < -0.39 is 0 Å². The third-order valence-corrected chi connectivity index (χ3v) is 2.72. The van der Waals surface area contributed by atoms with Crippen molar-refractivity contribution in [1.29, 1.82) is 0 Å². The van der Waals surface area contributed by atoms with Crippen molar-refractivity contribution in [3.05, 3.63) is 21.3 Å². The zero-order valence-corrected chi connectivity index (χ0v) is 8.39. The molecule has 0 spiro atoms. The zero-order valence-electron chi connectivity index (χ0n) is 6.23. The quantitative estimate of drug-likeness (QED) is 0.748. The molecule has 2 rings (SSSR count). The third-order valence-electron chi connectivity index (χ3n) is 1.66. The summed E-state index contributed by atoms with van der Waals surface area (Å²) in [5.74, 6) is -0.299. The third kappa shape index (κ3) is 0.996. The molecule has 0 aromatic carbocycles. The molecule has 2 aromatic heterocycles. The van der Waals surface area contributed by atoms with Gasteiger partial charge in [-0.15, -0.1) is 0 Å². The van der Waals surface area contributed by atoms with Gasteiger partial charge in [0.05, 0.1) is 20.8 Å².